The van der Waals surface area contributed by atoms with Crippen LogP contribution in [0.1, 0.15) is 36.5 Å². The molecular formula is C11H20N4OS2. The van der Waals surface area contributed by atoms with Crippen molar-refractivity contribution in [3.63, 3.8) is 0 Å². The maximum atomic E-state index is 11.9. The summed E-state index contributed by atoms with van der Waals surface area (Å²) in [5.41, 5.74) is 0. The molecule has 18 heavy (non-hydrogen) atoms. The topological polar surface area (TPSA) is 66.9 Å². The van der Waals surface area contributed by atoms with Gasteiger partial charge in [0.15, 0.2) is 0 Å². The van der Waals surface area contributed by atoms with Gasteiger partial charge in [0.2, 0.25) is 10.1 Å². The maximum absolute atomic E-state index is 11.9. The van der Waals surface area contributed by atoms with Gasteiger partial charge in [0, 0.05) is 12.6 Å². The highest BCUT2D eigenvalue weighted by molar-refractivity contribution is 7.98. The van der Waals surface area contributed by atoms with Crippen LogP contribution in [0.4, 0.5) is 5.13 Å². The van der Waals surface area contributed by atoms with Crippen molar-refractivity contribution < 1.29 is 4.79 Å². The van der Waals surface area contributed by atoms with Gasteiger partial charge in [-0.15, -0.1) is 10.2 Å². The summed E-state index contributed by atoms with van der Waals surface area (Å²) < 4.78 is 0. The number of thioether (sulfide) groups is 1. The Morgan fingerprint density at radius 2 is 2.28 bits per heavy atom. The van der Waals surface area contributed by atoms with Crippen molar-refractivity contribution in [2.24, 2.45) is 0 Å². The lowest BCUT2D eigenvalue weighted by molar-refractivity contribution is 0.0938. The Bertz CT molecular complexity index is 370. The summed E-state index contributed by atoms with van der Waals surface area (Å²) in [7, 11) is 0. The Kier molecular flexibility index (Phi) is 7.04. The van der Waals surface area contributed by atoms with E-state index in [-0.39, 0.29) is 11.9 Å². The molecule has 0 saturated heterocycles. The first kappa shape index (κ1) is 15.2. The van der Waals surface area contributed by atoms with Crippen LogP contribution < -0.4 is 10.6 Å². The molecule has 0 aliphatic rings. The minimum atomic E-state index is -0.134. The molecule has 0 aromatic carbocycles. The number of nitrogens with one attached hydrogen (secondary N) is 2. The quantitative estimate of drug-likeness (QED) is 0.768. The van der Waals surface area contributed by atoms with Gasteiger partial charge >= 0.3 is 0 Å². The fraction of sp³-hybridized carbons (Fsp3) is 0.727. The molecule has 1 rings (SSSR count). The zero-order chi connectivity index (χ0) is 13.4. The Morgan fingerprint density at radius 1 is 1.50 bits per heavy atom. The molecule has 0 fully saturated rings. The number of nitrogens with zero attached hydrogens (tertiary/aromatic N) is 2. The van der Waals surface area contributed by atoms with Crippen molar-refractivity contribution in [1.29, 1.82) is 0 Å². The van der Waals surface area contributed by atoms with Crippen LogP contribution in [-0.4, -0.2) is 40.7 Å². The monoisotopic (exact) mass is 288 g/mol. The van der Waals surface area contributed by atoms with E-state index in [4.69, 9.17) is 0 Å². The molecule has 0 saturated carbocycles. The van der Waals surface area contributed by atoms with E-state index >= 15 is 0 Å². The average molecular weight is 288 g/mol. The van der Waals surface area contributed by atoms with E-state index in [1.165, 1.54) is 11.3 Å². The molecule has 2 N–H and O–H groups in total. The van der Waals surface area contributed by atoms with E-state index in [1.807, 2.05) is 6.92 Å². The Balaban J connectivity index is 2.43. The molecule has 1 atom stereocenters. The van der Waals surface area contributed by atoms with Gasteiger partial charge in [-0.1, -0.05) is 18.3 Å². The second-order valence-electron chi connectivity index (χ2n) is 4.00. The summed E-state index contributed by atoms with van der Waals surface area (Å²) in [6, 6.07) is 0.168. The lowest BCUT2D eigenvalue weighted by atomic mass is 10.2. The standard InChI is InChI=1S/C11H20N4OS2/c1-4-6-12-11-15-14-10(18-11)9(16)13-8(2)5-7-17-3/h8H,4-7H2,1-3H3,(H,12,15)(H,13,16). The predicted octanol–water partition coefficient (Wildman–Crippen LogP) is 2.23. The second-order valence-corrected chi connectivity index (χ2v) is 5.96. The van der Waals surface area contributed by atoms with E-state index < -0.39 is 0 Å². The molecule has 1 amide bonds. The molecule has 0 spiro atoms. The number of carbonyl (C=O) groups is 1. The van der Waals surface area contributed by atoms with E-state index in [2.05, 4.69) is 34.0 Å². The Morgan fingerprint density at radius 3 is 2.94 bits per heavy atom. The predicted molar refractivity (Wildman–Crippen MR) is 78.6 cm³/mol. The maximum Gasteiger partial charge on any atom is 0.282 e. The minimum absolute atomic E-state index is 0.134. The van der Waals surface area contributed by atoms with Crippen LogP contribution in [0, 0.1) is 0 Å². The Hall–Kier alpha value is -0.820. The normalized spacial score (nSPS) is 12.2. The van der Waals surface area contributed by atoms with Crippen molar-refractivity contribution in [3.8, 4) is 0 Å². The number of aromatic nitrogens is 2. The number of rotatable bonds is 8. The first-order valence-corrected chi connectivity index (χ1v) is 8.25. The molecule has 102 valence electrons. The van der Waals surface area contributed by atoms with Crippen LogP contribution in [-0.2, 0) is 0 Å². The highest BCUT2D eigenvalue weighted by Gasteiger charge is 2.14. The van der Waals surface area contributed by atoms with Gasteiger partial charge < -0.3 is 10.6 Å². The SMILES string of the molecule is CCCNc1nnc(C(=O)NC(C)CCSC)s1. The first-order valence-electron chi connectivity index (χ1n) is 6.04. The molecule has 5 nitrogen and oxygen atoms in total. The van der Waals surface area contributed by atoms with Crippen LogP contribution in [0.3, 0.4) is 0 Å². The van der Waals surface area contributed by atoms with Crippen LogP contribution >= 0.6 is 23.1 Å². The van der Waals surface area contributed by atoms with Crippen molar-refractivity contribution in [1.82, 2.24) is 15.5 Å². The molecule has 0 bridgehead atoms. The van der Waals surface area contributed by atoms with Gasteiger partial charge in [-0.25, -0.2) is 0 Å². The van der Waals surface area contributed by atoms with Crippen LogP contribution in [0.5, 0.6) is 0 Å². The van der Waals surface area contributed by atoms with Crippen molar-refractivity contribution in [2.45, 2.75) is 32.7 Å². The number of hydrogen-bond donors (Lipinski definition) is 2. The van der Waals surface area contributed by atoms with Crippen molar-refractivity contribution in [2.75, 3.05) is 23.9 Å². The van der Waals surface area contributed by atoms with Gasteiger partial charge in [0.05, 0.1) is 0 Å². The van der Waals surface area contributed by atoms with Gasteiger partial charge in [-0.05, 0) is 31.8 Å². The highest BCUT2D eigenvalue weighted by Crippen LogP contribution is 2.15. The third-order valence-electron chi connectivity index (χ3n) is 2.28. The average Bonchev–Trinajstić information content (AvgIpc) is 2.82. The number of hydrogen-bond acceptors (Lipinski definition) is 6. The van der Waals surface area contributed by atoms with Crippen LogP contribution in [0.25, 0.3) is 0 Å². The van der Waals surface area contributed by atoms with Crippen molar-refractivity contribution >= 4 is 34.1 Å². The summed E-state index contributed by atoms with van der Waals surface area (Å²) in [6.07, 6.45) is 4.05. The highest BCUT2D eigenvalue weighted by atomic mass is 32.2. The molecule has 0 aliphatic heterocycles. The Labute approximate surface area is 116 Å². The van der Waals surface area contributed by atoms with Gasteiger partial charge in [-0.2, -0.15) is 11.8 Å². The third kappa shape index (κ3) is 5.22. The van der Waals surface area contributed by atoms with Crippen LogP contribution in [0.2, 0.25) is 0 Å². The van der Waals surface area contributed by atoms with Gasteiger partial charge in [0.1, 0.15) is 0 Å². The lowest BCUT2D eigenvalue weighted by Gasteiger charge is -2.11. The fourth-order valence-electron chi connectivity index (χ4n) is 1.27. The van der Waals surface area contributed by atoms with Gasteiger partial charge in [-0.3, -0.25) is 4.79 Å². The smallest absolute Gasteiger partial charge is 0.282 e. The van der Waals surface area contributed by atoms with E-state index in [9.17, 15) is 4.79 Å². The number of amides is 1. The number of anilines is 1. The molecule has 1 aromatic heterocycles. The molecular weight excluding hydrogens is 268 g/mol. The molecule has 1 heterocycles. The fourth-order valence-corrected chi connectivity index (χ4v) is 2.53. The lowest BCUT2D eigenvalue weighted by Crippen LogP contribution is -2.32. The molecule has 0 aliphatic carbocycles. The third-order valence-corrected chi connectivity index (χ3v) is 3.80. The summed E-state index contributed by atoms with van der Waals surface area (Å²) in [5, 5.41) is 15.0. The van der Waals surface area contributed by atoms with Crippen molar-refractivity contribution in [3.05, 3.63) is 5.01 Å². The van der Waals surface area contributed by atoms with E-state index in [0.717, 1.165) is 25.1 Å². The summed E-state index contributed by atoms with van der Waals surface area (Å²) in [6.45, 7) is 4.93. The second kappa shape index (κ2) is 8.31. The largest absolute Gasteiger partial charge is 0.360 e. The summed E-state index contributed by atoms with van der Waals surface area (Å²) >= 11 is 3.08. The molecule has 1 aromatic rings. The minimum Gasteiger partial charge on any atom is -0.360 e. The van der Waals surface area contributed by atoms with Gasteiger partial charge in [0.25, 0.3) is 5.91 Å². The number of carbonyl (C=O) groups excluding carboxylic acids is 1. The van der Waals surface area contributed by atoms with E-state index in [0.29, 0.717) is 10.1 Å². The first-order chi connectivity index (χ1) is 8.67. The van der Waals surface area contributed by atoms with Crippen LogP contribution in [0.15, 0.2) is 0 Å². The molecule has 7 heteroatoms. The molecule has 1 unspecified atom stereocenters. The van der Waals surface area contributed by atoms with E-state index in [1.54, 1.807) is 11.8 Å². The summed E-state index contributed by atoms with van der Waals surface area (Å²) in [4.78, 5) is 11.9. The zero-order valence-corrected chi connectivity index (χ0v) is 12.7. The molecule has 0 radical (unpaired) electrons. The summed E-state index contributed by atoms with van der Waals surface area (Å²) in [5.74, 6) is 0.909. The zero-order valence-electron chi connectivity index (χ0n) is 11.0.